The van der Waals surface area contributed by atoms with Crippen molar-refractivity contribution in [1.82, 2.24) is 10.6 Å². The van der Waals surface area contributed by atoms with Crippen molar-refractivity contribution in [2.24, 2.45) is 0 Å². The van der Waals surface area contributed by atoms with Gasteiger partial charge in [-0.15, -0.1) is 11.3 Å². The van der Waals surface area contributed by atoms with Crippen LogP contribution >= 0.6 is 27.3 Å². The van der Waals surface area contributed by atoms with Crippen molar-refractivity contribution in [3.05, 3.63) is 20.8 Å². The molecule has 2 N–H and O–H groups in total. The molecule has 1 aromatic heterocycles. The summed E-state index contributed by atoms with van der Waals surface area (Å²) in [4.78, 5) is 12.8. The Kier molecular flexibility index (Phi) is 5.62. The molecule has 0 aliphatic carbocycles. The lowest BCUT2D eigenvalue weighted by Crippen LogP contribution is -2.37. The summed E-state index contributed by atoms with van der Waals surface area (Å²) in [6.45, 7) is 5.67. The molecule has 0 unspecified atom stereocenters. The van der Waals surface area contributed by atoms with Crippen molar-refractivity contribution in [2.45, 2.75) is 25.7 Å². The first-order valence-corrected chi connectivity index (χ1v) is 7.29. The van der Waals surface area contributed by atoms with Crippen LogP contribution in [0.4, 0.5) is 0 Å². The number of rotatable bonds is 6. The summed E-state index contributed by atoms with van der Waals surface area (Å²) in [5.74, 6) is 0.100. The van der Waals surface area contributed by atoms with Crippen molar-refractivity contribution in [3.8, 4) is 0 Å². The van der Waals surface area contributed by atoms with Gasteiger partial charge in [-0.05, 0) is 29.0 Å². The molecule has 0 saturated carbocycles. The topological polar surface area (TPSA) is 41.1 Å². The molecule has 0 saturated heterocycles. The van der Waals surface area contributed by atoms with E-state index in [4.69, 9.17) is 0 Å². The zero-order valence-electron chi connectivity index (χ0n) is 10.5. The van der Waals surface area contributed by atoms with Crippen molar-refractivity contribution in [3.63, 3.8) is 0 Å². The van der Waals surface area contributed by atoms with Crippen LogP contribution in [0.5, 0.6) is 0 Å². The predicted molar refractivity (Wildman–Crippen MR) is 76.6 cm³/mol. The second kappa shape index (κ2) is 6.52. The van der Waals surface area contributed by atoms with E-state index in [1.807, 2.05) is 7.05 Å². The fourth-order valence-electron chi connectivity index (χ4n) is 1.40. The SMILES string of the molecule is CNCCC(=O)NCC(C)(C)c1cc(Br)cs1. The summed E-state index contributed by atoms with van der Waals surface area (Å²) in [7, 11) is 1.85. The van der Waals surface area contributed by atoms with Gasteiger partial charge < -0.3 is 10.6 Å². The van der Waals surface area contributed by atoms with Crippen LogP contribution in [0, 0.1) is 0 Å². The van der Waals surface area contributed by atoms with Crippen LogP contribution < -0.4 is 10.6 Å². The van der Waals surface area contributed by atoms with Gasteiger partial charge in [0.05, 0.1) is 0 Å². The Labute approximate surface area is 115 Å². The molecule has 3 nitrogen and oxygen atoms in total. The molecule has 1 heterocycles. The molecular formula is C12H19BrN2OS. The Balaban J connectivity index is 2.47. The summed E-state index contributed by atoms with van der Waals surface area (Å²) in [5.41, 5.74) is -0.0218. The molecule has 0 aromatic carbocycles. The first kappa shape index (κ1) is 14.7. The molecule has 0 spiro atoms. The van der Waals surface area contributed by atoms with Gasteiger partial charge in [-0.1, -0.05) is 13.8 Å². The minimum Gasteiger partial charge on any atom is -0.355 e. The molecule has 0 bridgehead atoms. The number of halogens is 1. The molecular weight excluding hydrogens is 300 g/mol. The molecule has 96 valence electrons. The van der Waals surface area contributed by atoms with E-state index in [0.29, 0.717) is 13.0 Å². The second-order valence-corrected chi connectivity index (χ2v) is 6.47. The van der Waals surface area contributed by atoms with Gasteiger partial charge >= 0.3 is 0 Å². The van der Waals surface area contributed by atoms with Gasteiger partial charge in [0.25, 0.3) is 0 Å². The average Bonchev–Trinajstić information content (AvgIpc) is 2.71. The minimum absolute atomic E-state index is 0.0218. The van der Waals surface area contributed by atoms with Gasteiger partial charge in [0.2, 0.25) is 5.91 Å². The van der Waals surface area contributed by atoms with Gasteiger partial charge in [-0.2, -0.15) is 0 Å². The fourth-order valence-corrected chi connectivity index (χ4v) is 2.96. The third kappa shape index (κ3) is 4.77. The Morgan fingerprint density at radius 2 is 2.24 bits per heavy atom. The predicted octanol–water partition coefficient (Wildman–Crippen LogP) is 2.51. The zero-order chi connectivity index (χ0) is 12.9. The summed E-state index contributed by atoms with van der Waals surface area (Å²) in [5, 5.41) is 8.01. The van der Waals surface area contributed by atoms with Gasteiger partial charge in [0, 0.05) is 39.7 Å². The maximum Gasteiger partial charge on any atom is 0.221 e. The Morgan fingerprint density at radius 1 is 1.53 bits per heavy atom. The third-order valence-electron chi connectivity index (χ3n) is 2.56. The van der Waals surface area contributed by atoms with E-state index in [-0.39, 0.29) is 11.3 Å². The summed E-state index contributed by atoms with van der Waals surface area (Å²) in [6, 6.07) is 2.12. The Morgan fingerprint density at radius 3 is 2.76 bits per heavy atom. The van der Waals surface area contributed by atoms with E-state index in [2.05, 4.69) is 51.9 Å². The van der Waals surface area contributed by atoms with Crippen molar-refractivity contribution in [2.75, 3.05) is 20.1 Å². The van der Waals surface area contributed by atoms with Crippen molar-refractivity contribution < 1.29 is 4.79 Å². The smallest absolute Gasteiger partial charge is 0.221 e. The van der Waals surface area contributed by atoms with E-state index in [1.165, 1.54) is 4.88 Å². The normalized spacial score (nSPS) is 11.5. The molecule has 5 heteroatoms. The van der Waals surface area contributed by atoms with Gasteiger partial charge in [0.1, 0.15) is 0 Å². The van der Waals surface area contributed by atoms with E-state index >= 15 is 0 Å². The van der Waals surface area contributed by atoms with E-state index in [9.17, 15) is 4.79 Å². The molecule has 1 rings (SSSR count). The Bertz CT molecular complexity index is 376. The van der Waals surface area contributed by atoms with Crippen LogP contribution in [0.15, 0.2) is 15.9 Å². The highest BCUT2D eigenvalue weighted by molar-refractivity contribution is 9.10. The summed E-state index contributed by atoms with van der Waals surface area (Å²) >= 11 is 5.17. The van der Waals surface area contributed by atoms with Crippen molar-refractivity contribution in [1.29, 1.82) is 0 Å². The van der Waals surface area contributed by atoms with Gasteiger partial charge in [-0.25, -0.2) is 0 Å². The number of hydrogen-bond acceptors (Lipinski definition) is 3. The third-order valence-corrected chi connectivity index (χ3v) is 4.62. The molecule has 1 aromatic rings. The maximum atomic E-state index is 11.5. The largest absolute Gasteiger partial charge is 0.355 e. The highest BCUT2D eigenvalue weighted by Gasteiger charge is 2.23. The van der Waals surface area contributed by atoms with Gasteiger partial charge in [-0.3, -0.25) is 4.79 Å². The number of carbonyl (C=O) groups excluding carboxylic acids is 1. The fraction of sp³-hybridized carbons (Fsp3) is 0.583. The number of amides is 1. The number of thiophene rings is 1. The minimum atomic E-state index is -0.0218. The Hall–Kier alpha value is -0.390. The number of nitrogens with one attached hydrogen (secondary N) is 2. The molecule has 0 aliphatic heterocycles. The molecule has 1 amide bonds. The highest BCUT2D eigenvalue weighted by Crippen LogP contribution is 2.30. The summed E-state index contributed by atoms with van der Waals surface area (Å²) in [6.07, 6.45) is 0.528. The van der Waals surface area contributed by atoms with Crippen LogP contribution in [0.25, 0.3) is 0 Å². The quantitative estimate of drug-likeness (QED) is 0.846. The highest BCUT2D eigenvalue weighted by atomic mass is 79.9. The standard InChI is InChI=1S/C12H19BrN2OS/c1-12(2,10-6-9(13)7-17-10)8-15-11(16)4-5-14-3/h6-7,14H,4-5,8H2,1-3H3,(H,15,16). The molecule has 0 atom stereocenters. The van der Waals surface area contributed by atoms with E-state index < -0.39 is 0 Å². The number of carbonyl (C=O) groups is 1. The van der Waals surface area contributed by atoms with Crippen LogP contribution in [-0.4, -0.2) is 26.0 Å². The maximum absolute atomic E-state index is 11.5. The van der Waals surface area contributed by atoms with E-state index in [1.54, 1.807) is 11.3 Å². The lowest BCUT2D eigenvalue weighted by molar-refractivity contribution is -0.121. The lowest BCUT2D eigenvalue weighted by Gasteiger charge is -2.23. The molecule has 0 radical (unpaired) electrons. The first-order chi connectivity index (χ1) is 7.95. The number of hydrogen-bond donors (Lipinski definition) is 2. The zero-order valence-corrected chi connectivity index (χ0v) is 12.9. The first-order valence-electron chi connectivity index (χ1n) is 5.61. The average molecular weight is 319 g/mol. The van der Waals surface area contributed by atoms with Crippen LogP contribution in [0.2, 0.25) is 0 Å². The molecule has 0 aliphatic rings. The van der Waals surface area contributed by atoms with E-state index in [0.717, 1.165) is 11.0 Å². The van der Waals surface area contributed by atoms with Crippen molar-refractivity contribution >= 4 is 33.2 Å². The lowest BCUT2D eigenvalue weighted by atomic mass is 9.91. The monoisotopic (exact) mass is 318 g/mol. The van der Waals surface area contributed by atoms with Crippen LogP contribution in [0.1, 0.15) is 25.1 Å². The summed E-state index contributed by atoms with van der Waals surface area (Å²) < 4.78 is 1.10. The van der Waals surface area contributed by atoms with Crippen LogP contribution in [-0.2, 0) is 10.2 Å². The molecule has 0 fully saturated rings. The van der Waals surface area contributed by atoms with Gasteiger partial charge in [0.15, 0.2) is 0 Å². The van der Waals surface area contributed by atoms with Crippen LogP contribution in [0.3, 0.4) is 0 Å². The second-order valence-electron chi connectivity index (χ2n) is 4.64. The molecule has 17 heavy (non-hydrogen) atoms.